The molecule has 1 aromatic carbocycles. The topological polar surface area (TPSA) is 70.6 Å². The molecule has 4 rings (SSSR count). The van der Waals surface area contributed by atoms with E-state index in [4.69, 9.17) is 4.74 Å². The fourth-order valence-electron chi connectivity index (χ4n) is 4.71. The molecule has 0 bridgehead atoms. The van der Waals surface area contributed by atoms with Gasteiger partial charge >= 0.3 is 0 Å². The molecule has 172 valence electrons. The number of hydrogen-bond acceptors (Lipinski definition) is 6. The Morgan fingerprint density at radius 2 is 1.97 bits per heavy atom. The summed E-state index contributed by atoms with van der Waals surface area (Å²) in [6.45, 7) is 5.44. The Hall–Kier alpha value is -2.35. The second kappa shape index (κ2) is 11.0. The highest BCUT2D eigenvalue weighted by Crippen LogP contribution is 2.20. The summed E-state index contributed by atoms with van der Waals surface area (Å²) in [4.78, 5) is 26.1. The SMILES string of the molecule is COC(CNC(=O)c1cc(CC2CCN(C)CC2)ncn1)CN1CCc2ccccc2C1. The van der Waals surface area contributed by atoms with Gasteiger partial charge in [-0.05, 0) is 68.9 Å². The van der Waals surface area contributed by atoms with Gasteiger partial charge in [-0.3, -0.25) is 9.69 Å². The standard InChI is InChI=1S/C25H35N5O2/c1-29-10-7-19(8-11-29)13-22-14-24(28-18-27-22)25(31)26-15-23(32-2)17-30-12-9-20-5-3-4-6-21(20)16-30/h3-6,14,18-19,23H,7-13,15-17H2,1-2H3,(H,26,31). The lowest BCUT2D eigenvalue weighted by Gasteiger charge is -2.31. The molecule has 1 N–H and O–H groups in total. The van der Waals surface area contributed by atoms with E-state index in [-0.39, 0.29) is 12.0 Å². The van der Waals surface area contributed by atoms with Crippen molar-refractivity contribution in [2.24, 2.45) is 5.92 Å². The summed E-state index contributed by atoms with van der Waals surface area (Å²) in [6, 6.07) is 10.5. The van der Waals surface area contributed by atoms with Crippen LogP contribution in [0.5, 0.6) is 0 Å². The number of amides is 1. The minimum absolute atomic E-state index is 0.0650. The van der Waals surface area contributed by atoms with E-state index in [1.165, 1.54) is 30.3 Å². The van der Waals surface area contributed by atoms with E-state index < -0.39 is 0 Å². The monoisotopic (exact) mass is 437 g/mol. The van der Waals surface area contributed by atoms with Gasteiger partial charge in [-0.15, -0.1) is 0 Å². The lowest BCUT2D eigenvalue weighted by atomic mass is 9.92. The van der Waals surface area contributed by atoms with E-state index in [9.17, 15) is 4.79 Å². The average molecular weight is 438 g/mol. The molecule has 1 unspecified atom stereocenters. The number of ether oxygens (including phenoxy) is 1. The van der Waals surface area contributed by atoms with Crippen molar-refractivity contribution in [3.05, 3.63) is 59.2 Å². The van der Waals surface area contributed by atoms with E-state index in [0.717, 1.165) is 51.3 Å². The highest BCUT2D eigenvalue weighted by molar-refractivity contribution is 5.92. The number of benzene rings is 1. The number of carbonyl (C=O) groups is 1. The number of carbonyl (C=O) groups excluding carboxylic acids is 1. The molecule has 0 spiro atoms. The zero-order chi connectivity index (χ0) is 22.3. The summed E-state index contributed by atoms with van der Waals surface area (Å²) in [7, 11) is 3.87. The molecule has 1 fully saturated rings. The molecule has 2 aromatic rings. The first-order valence-electron chi connectivity index (χ1n) is 11.7. The van der Waals surface area contributed by atoms with Crippen molar-refractivity contribution in [2.75, 3.05) is 46.9 Å². The van der Waals surface area contributed by atoms with Gasteiger partial charge in [0.15, 0.2) is 0 Å². The van der Waals surface area contributed by atoms with Crippen LogP contribution in [0.25, 0.3) is 0 Å². The Morgan fingerprint density at radius 1 is 1.19 bits per heavy atom. The number of fused-ring (bicyclic) bond motifs is 1. The number of nitrogens with one attached hydrogen (secondary N) is 1. The fraction of sp³-hybridized carbons (Fsp3) is 0.560. The summed E-state index contributed by atoms with van der Waals surface area (Å²) in [6.07, 6.45) is 5.77. The second-order valence-electron chi connectivity index (χ2n) is 9.17. The van der Waals surface area contributed by atoms with Crippen LogP contribution in [0.2, 0.25) is 0 Å². The van der Waals surface area contributed by atoms with Crippen LogP contribution in [0.4, 0.5) is 0 Å². The van der Waals surface area contributed by atoms with Crippen LogP contribution in [0, 0.1) is 5.92 Å². The van der Waals surface area contributed by atoms with Crippen LogP contribution < -0.4 is 5.32 Å². The molecule has 3 heterocycles. The summed E-state index contributed by atoms with van der Waals surface area (Å²) in [5.41, 5.74) is 4.21. The predicted octanol–water partition coefficient (Wildman–Crippen LogP) is 2.16. The Kier molecular flexibility index (Phi) is 7.84. The average Bonchev–Trinajstić information content (AvgIpc) is 2.83. The molecular weight excluding hydrogens is 402 g/mol. The Morgan fingerprint density at radius 3 is 2.75 bits per heavy atom. The van der Waals surface area contributed by atoms with Gasteiger partial charge in [-0.2, -0.15) is 0 Å². The van der Waals surface area contributed by atoms with Gasteiger partial charge in [0.25, 0.3) is 5.91 Å². The Bertz CT molecular complexity index is 897. The van der Waals surface area contributed by atoms with Crippen LogP contribution in [-0.4, -0.2) is 78.7 Å². The number of nitrogens with zero attached hydrogens (tertiary/aromatic N) is 4. The first-order valence-corrected chi connectivity index (χ1v) is 11.7. The van der Waals surface area contributed by atoms with E-state index in [0.29, 0.717) is 18.2 Å². The molecule has 1 amide bonds. The van der Waals surface area contributed by atoms with E-state index in [2.05, 4.69) is 56.4 Å². The third kappa shape index (κ3) is 6.12. The third-order valence-corrected chi connectivity index (χ3v) is 6.79. The smallest absolute Gasteiger partial charge is 0.270 e. The predicted molar refractivity (Wildman–Crippen MR) is 125 cm³/mol. The largest absolute Gasteiger partial charge is 0.378 e. The normalized spacial score (nSPS) is 18.8. The minimum atomic E-state index is -0.164. The Labute approximate surface area is 191 Å². The number of rotatable bonds is 8. The first-order chi connectivity index (χ1) is 15.6. The third-order valence-electron chi connectivity index (χ3n) is 6.79. The van der Waals surface area contributed by atoms with E-state index in [1.54, 1.807) is 7.11 Å². The highest BCUT2D eigenvalue weighted by atomic mass is 16.5. The zero-order valence-corrected chi connectivity index (χ0v) is 19.3. The quantitative estimate of drug-likeness (QED) is 0.683. The van der Waals surface area contributed by atoms with Crippen molar-refractivity contribution >= 4 is 5.91 Å². The van der Waals surface area contributed by atoms with Gasteiger partial charge in [0.1, 0.15) is 12.0 Å². The van der Waals surface area contributed by atoms with Crippen LogP contribution >= 0.6 is 0 Å². The summed E-state index contributed by atoms with van der Waals surface area (Å²) >= 11 is 0. The molecule has 1 aromatic heterocycles. The van der Waals surface area contributed by atoms with Crippen molar-refractivity contribution in [3.8, 4) is 0 Å². The van der Waals surface area contributed by atoms with Crippen molar-refractivity contribution in [2.45, 2.75) is 38.3 Å². The Balaban J connectivity index is 1.27. The van der Waals surface area contributed by atoms with Crippen molar-refractivity contribution in [1.29, 1.82) is 0 Å². The van der Waals surface area contributed by atoms with E-state index >= 15 is 0 Å². The second-order valence-corrected chi connectivity index (χ2v) is 9.17. The number of piperidine rings is 1. The molecule has 1 saturated heterocycles. The summed E-state index contributed by atoms with van der Waals surface area (Å²) in [5.74, 6) is 0.465. The molecule has 2 aliphatic heterocycles. The van der Waals surface area contributed by atoms with Crippen LogP contribution in [0.3, 0.4) is 0 Å². The molecule has 7 nitrogen and oxygen atoms in total. The number of methoxy groups -OCH3 is 1. The maximum Gasteiger partial charge on any atom is 0.270 e. The molecule has 32 heavy (non-hydrogen) atoms. The van der Waals surface area contributed by atoms with Gasteiger partial charge in [0, 0.05) is 39.0 Å². The van der Waals surface area contributed by atoms with Crippen molar-refractivity contribution in [3.63, 3.8) is 0 Å². The fourth-order valence-corrected chi connectivity index (χ4v) is 4.71. The van der Waals surface area contributed by atoms with Crippen LogP contribution in [0.1, 0.15) is 40.2 Å². The lowest BCUT2D eigenvalue weighted by molar-refractivity contribution is 0.0562. The molecule has 2 aliphatic rings. The highest BCUT2D eigenvalue weighted by Gasteiger charge is 2.21. The summed E-state index contributed by atoms with van der Waals surface area (Å²) < 4.78 is 5.67. The summed E-state index contributed by atoms with van der Waals surface area (Å²) in [5, 5.41) is 3.01. The minimum Gasteiger partial charge on any atom is -0.378 e. The van der Waals surface area contributed by atoms with Crippen molar-refractivity contribution < 1.29 is 9.53 Å². The first kappa shape index (κ1) is 22.8. The zero-order valence-electron chi connectivity index (χ0n) is 19.3. The number of likely N-dealkylation sites (tertiary alicyclic amines) is 1. The molecular formula is C25H35N5O2. The molecule has 0 aliphatic carbocycles. The molecule has 0 saturated carbocycles. The number of aromatic nitrogens is 2. The molecule has 1 atom stereocenters. The van der Waals surface area contributed by atoms with Gasteiger partial charge in [0.05, 0.1) is 6.10 Å². The number of hydrogen-bond donors (Lipinski definition) is 1. The van der Waals surface area contributed by atoms with Gasteiger partial charge in [-0.1, -0.05) is 24.3 Å². The lowest BCUT2D eigenvalue weighted by Crippen LogP contribution is -2.43. The molecule has 0 radical (unpaired) electrons. The van der Waals surface area contributed by atoms with Crippen molar-refractivity contribution in [1.82, 2.24) is 25.1 Å². The van der Waals surface area contributed by atoms with Gasteiger partial charge in [0.2, 0.25) is 0 Å². The maximum atomic E-state index is 12.7. The van der Waals surface area contributed by atoms with Crippen LogP contribution in [-0.2, 0) is 24.1 Å². The van der Waals surface area contributed by atoms with E-state index in [1.807, 2.05) is 6.07 Å². The maximum absolute atomic E-state index is 12.7. The van der Waals surface area contributed by atoms with Gasteiger partial charge < -0.3 is 15.0 Å². The van der Waals surface area contributed by atoms with Crippen LogP contribution in [0.15, 0.2) is 36.7 Å². The van der Waals surface area contributed by atoms with Gasteiger partial charge in [-0.25, -0.2) is 9.97 Å². The molecule has 7 heteroatoms.